The van der Waals surface area contributed by atoms with Crippen LogP contribution in [0.5, 0.6) is 5.75 Å². The van der Waals surface area contributed by atoms with Gasteiger partial charge >= 0.3 is 12.3 Å². The van der Waals surface area contributed by atoms with Gasteiger partial charge in [-0.05, 0) is 104 Å². The van der Waals surface area contributed by atoms with Crippen LogP contribution in [0.3, 0.4) is 0 Å². The zero-order valence-electron chi connectivity index (χ0n) is 24.5. The Kier molecular flexibility index (Phi) is 7.99. The highest BCUT2D eigenvalue weighted by molar-refractivity contribution is 5.79. The molecular formula is C33H39F3N2O3. The van der Waals surface area contributed by atoms with E-state index in [1.807, 2.05) is 13.0 Å². The molecule has 2 heterocycles. The number of nitrogens with one attached hydrogen (secondary N) is 1. The maximum Gasteiger partial charge on any atom is 0.416 e. The summed E-state index contributed by atoms with van der Waals surface area (Å²) in [7, 11) is 1.68. The molecule has 0 bridgehead atoms. The van der Waals surface area contributed by atoms with Gasteiger partial charge in [0.15, 0.2) is 0 Å². The first-order chi connectivity index (χ1) is 19.4. The van der Waals surface area contributed by atoms with Crippen molar-refractivity contribution in [1.29, 1.82) is 0 Å². The molecular weight excluding hydrogens is 529 g/mol. The van der Waals surface area contributed by atoms with E-state index < -0.39 is 30.0 Å². The molecule has 2 aromatic carbocycles. The summed E-state index contributed by atoms with van der Waals surface area (Å²) in [6, 6.07) is 9.80. The number of aryl methyl sites for hydroxylation is 1. The number of nitrogens with zero attached hydrogens (tertiary/aromatic N) is 1. The van der Waals surface area contributed by atoms with Crippen LogP contribution in [-0.4, -0.2) is 43.8 Å². The van der Waals surface area contributed by atoms with E-state index >= 15 is 0 Å². The fraction of sp³-hybridized carbons (Fsp3) is 0.485. The van der Waals surface area contributed by atoms with Crippen LogP contribution in [-0.2, 0) is 10.9 Å². The maximum atomic E-state index is 13.5. The Morgan fingerprint density at radius 3 is 2.61 bits per heavy atom. The van der Waals surface area contributed by atoms with Crippen molar-refractivity contribution in [2.45, 2.75) is 71.7 Å². The van der Waals surface area contributed by atoms with Crippen molar-refractivity contribution in [2.75, 3.05) is 26.7 Å². The number of hydrogen-bond acceptors (Lipinski definition) is 4. The molecule has 1 aliphatic carbocycles. The van der Waals surface area contributed by atoms with E-state index in [-0.39, 0.29) is 5.41 Å². The average molecular weight is 569 g/mol. The highest BCUT2D eigenvalue weighted by atomic mass is 19.4. The molecule has 5 nitrogen and oxygen atoms in total. The van der Waals surface area contributed by atoms with Crippen LogP contribution in [0, 0.1) is 12.3 Å². The highest BCUT2D eigenvalue weighted by Crippen LogP contribution is 2.46. The highest BCUT2D eigenvalue weighted by Gasteiger charge is 2.42. The largest absolute Gasteiger partial charge is 0.496 e. The van der Waals surface area contributed by atoms with Gasteiger partial charge in [-0.2, -0.15) is 13.2 Å². The molecule has 2 aliphatic heterocycles. The van der Waals surface area contributed by atoms with Crippen molar-refractivity contribution in [1.82, 2.24) is 10.2 Å². The fourth-order valence-corrected chi connectivity index (χ4v) is 6.42. The number of alkyl halides is 3. The van der Waals surface area contributed by atoms with Gasteiger partial charge in [-0.1, -0.05) is 37.6 Å². The van der Waals surface area contributed by atoms with Gasteiger partial charge in [0.05, 0.1) is 18.7 Å². The van der Waals surface area contributed by atoms with E-state index in [1.165, 1.54) is 16.7 Å². The van der Waals surface area contributed by atoms with E-state index in [9.17, 15) is 18.0 Å². The topological polar surface area (TPSA) is 50.8 Å². The molecule has 1 N–H and O–H groups in total. The SMILES string of the molecule is COc1ccc(C2=CCNCC2)cc1C1=C(CN2C(=O)O[C@H](c3cc(C)cc(C(F)(F)F)c3)[C@@H]2C)CC(C)(C)CC1. The zero-order valence-corrected chi connectivity index (χ0v) is 24.5. The van der Waals surface area contributed by atoms with Crippen LogP contribution in [0.1, 0.15) is 80.4 Å². The third-order valence-electron chi connectivity index (χ3n) is 8.64. The van der Waals surface area contributed by atoms with Gasteiger partial charge in [-0.3, -0.25) is 4.90 Å². The summed E-state index contributed by atoms with van der Waals surface area (Å²) in [5, 5.41) is 3.36. The second kappa shape index (κ2) is 11.2. The normalized spacial score (nSPS) is 23.0. The van der Waals surface area contributed by atoms with Crippen molar-refractivity contribution in [2.24, 2.45) is 5.41 Å². The maximum absolute atomic E-state index is 13.5. The lowest BCUT2D eigenvalue weighted by atomic mass is 9.72. The predicted octanol–water partition coefficient (Wildman–Crippen LogP) is 7.94. The summed E-state index contributed by atoms with van der Waals surface area (Å²) in [4.78, 5) is 14.9. The average Bonchev–Trinajstić information content (AvgIpc) is 3.20. The van der Waals surface area contributed by atoms with E-state index in [0.717, 1.165) is 67.8 Å². The Bertz CT molecular complexity index is 1390. The third-order valence-corrected chi connectivity index (χ3v) is 8.64. The molecule has 41 heavy (non-hydrogen) atoms. The van der Waals surface area contributed by atoms with Crippen LogP contribution in [0.25, 0.3) is 11.1 Å². The lowest BCUT2D eigenvalue weighted by Crippen LogP contribution is -2.35. The van der Waals surface area contributed by atoms with E-state index in [0.29, 0.717) is 17.7 Å². The van der Waals surface area contributed by atoms with E-state index in [1.54, 1.807) is 25.0 Å². The zero-order chi connectivity index (χ0) is 29.5. The Labute approximate surface area is 240 Å². The number of halogens is 3. The molecule has 2 aromatic rings. The quantitative estimate of drug-likeness (QED) is 0.384. The first-order valence-electron chi connectivity index (χ1n) is 14.3. The molecule has 0 spiro atoms. The second-order valence-corrected chi connectivity index (χ2v) is 12.3. The van der Waals surface area contributed by atoms with Gasteiger partial charge in [-0.25, -0.2) is 4.79 Å². The van der Waals surface area contributed by atoms with Gasteiger partial charge in [0.25, 0.3) is 0 Å². The minimum absolute atomic E-state index is 0.0473. The number of methoxy groups -OCH3 is 1. The first kappa shape index (κ1) is 29.2. The molecule has 0 saturated carbocycles. The van der Waals surface area contributed by atoms with Crippen LogP contribution in [0.4, 0.5) is 18.0 Å². The Morgan fingerprint density at radius 1 is 1.15 bits per heavy atom. The molecule has 0 aromatic heterocycles. The second-order valence-electron chi connectivity index (χ2n) is 12.3. The van der Waals surface area contributed by atoms with Crippen molar-refractivity contribution in [3.05, 3.63) is 75.9 Å². The summed E-state index contributed by atoms with van der Waals surface area (Å²) in [5.41, 5.74) is 6.00. The molecule has 8 heteroatoms. The van der Waals surface area contributed by atoms with Gasteiger partial charge in [0.1, 0.15) is 11.9 Å². The van der Waals surface area contributed by atoms with Crippen molar-refractivity contribution >= 4 is 17.2 Å². The van der Waals surface area contributed by atoms with E-state index in [4.69, 9.17) is 9.47 Å². The molecule has 5 rings (SSSR count). The molecule has 1 amide bonds. The molecule has 1 saturated heterocycles. The standard InChI is InChI=1S/C33H39F3N2O3/c1-20-14-24(16-26(15-20)33(34,35)36)30-21(2)38(31(39)41-30)19-25-18-32(3,4)11-8-27(25)28-17-23(6-7-29(28)40-5)22-9-12-37-13-10-22/h6-7,9,14-17,21,30,37H,8,10-13,18-19H2,1-5H3/t21-,30-/m0/s1. The molecule has 3 aliphatic rings. The number of carbonyl (C=O) groups is 1. The molecule has 0 radical (unpaired) electrons. The monoisotopic (exact) mass is 568 g/mol. The smallest absolute Gasteiger partial charge is 0.416 e. The Morgan fingerprint density at radius 2 is 1.93 bits per heavy atom. The van der Waals surface area contributed by atoms with Crippen molar-refractivity contribution in [3.8, 4) is 5.75 Å². The number of ether oxygens (including phenoxy) is 2. The van der Waals surface area contributed by atoms with Crippen LogP contribution in [0.15, 0.2) is 48.0 Å². The summed E-state index contributed by atoms with van der Waals surface area (Å²) in [5.74, 6) is 0.796. The number of allylic oxidation sites excluding steroid dienone is 1. The van der Waals surface area contributed by atoms with Crippen LogP contribution >= 0.6 is 0 Å². The number of amides is 1. The minimum Gasteiger partial charge on any atom is -0.496 e. The van der Waals surface area contributed by atoms with Crippen molar-refractivity contribution in [3.63, 3.8) is 0 Å². The lowest BCUT2D eigenvalue weighted by molar-refractivity contribution is -0.137. The number of carbonyl (C=O) groups excluding carboxylic acids is 1. The van der Waals surface area contributed by atoms with E-state index in [2.05, 4.69) is 37.4 Å². The predicted molar refractivity (Wildman–Crippen MR) is 155 cm³/mol. The van der Waals surface area contributed by atoms with Gasteiger partial charge in [0, 0.05) is 18.7 Å². The Balaban J connectivity index is 1.51. The first-order valence-corrected chi connectivity index (χ1v) is 14.3. The fourth-order valence-electron chi connectivity index (χ4n) is 6.42. The number of benzene rings is 2. The van der Waals surface area contributed by atoms with Gasteiger partial charge in [0.2, 0.25) is 0 Å². The summed E-state index contributed by atoms with van der Waals surface area (Å²) < 4.78 is 52.2. The number of rotatable bonds is 6. The molecule has 220 valence electrons. The van der Waals surface area contributed by atoms with Crippen molar-refractivity contribution < 1.29 is 27.4 Å². The molecule has 1 fully saturated rings. The van der Waals surface area contributed by atoms with Gasteiger partial charge < -0.3 is 14.8 Å². The molecule has 0 unspecified atom stereocenters. The lowest BCUT2D eigenvalue weighted by Gasteiger charge is -2.36. The minimum atomic E-state index is -4.47. The molecule has 2 atom stereocenters. The Hall–Kier alpha value is -3.26. The summed E-state index contributed by atoms with van der Waals surface area (Å²) >= 11 is 0. The number of cyclic esters (lactones) is 1. The summed E-state index contributed by atoms with van der Waals surface area (Å²) in [6.45, 7) is 10.1. The summed E-state index contributed by atoms with van der Waals surface area (Å²) in [6.07, 6.45) is 0.0596. The van der Waals surface area contributed by atoms with Crippen LogP contribution < -0.4 is 10.1 Å². The number of hydrogen-bond donors (Lipinski definition) is 1. The van der Waals surface area contributed by atoms with Gasteiger partial charge in [-0.15, -0.1) is 0 Å². The third kappa shape index (κ3) is 6.17. The van der Waals surface area contributed by atoms with Crippen LogP contribution in [0.2, 0.25) is 0 Å².